The first-order chi connectivity index (χ1) is 13.6. The Kier molecular flexibility index (Phi) is 6.57. The Morgan fingerprint density at radius 3 is 2.18 bits per heavy atom. The molecule has 144 valence electrons. The highest BCUT2D eigenvalue weighted by atomic mass is 16.6. The zero-order valence-corrected chi connectivity index (χ0v) is 15.6. The average Bonchev–Trinajstić information content (AvgIpc) is 3.17. The van der Waals surface area contributed by atoms with Crippen LogP contribution in [0.4, 0.5) is 0 Å². The lowest BCUT2D eigenvalue weighted by atomic mass is 9.88. The number of nitrogens with one attached hydrogen (secondary N) is 1. The van der Waals surface area contributed by atoms with E-state index in [9.17, 15) is 9.59 Å². The summed E-state index contributed by atoms with van der Waals surface area (Å²) in [5.74, 6) is -0.910. The Balaban J connectivity index is 1.51. The van der Waals surface area contributed by atoms with Crippen molar-refractivity contribution in [2.75, 3.05) is 13.2 Å². The molecule has 3 aromatic rings. The van der Waals surface area contributed by atoms with Crippen LogP contribution in [-0.2, 0) is 9.53 Å². The average molecular weight is 378 g/mol. The fourth-order valence-corrected chi connectivity index (χ4v) is 2.97. The van der Waals surface area contributed by atoms with Crippen molar-refractivity contribution in [3.8, 4) is 0 Å². The van der Waals surface area contributed by atoms with Gasteiger partial charge in [-0.15, -0.1) is 0 Å². The number of carbonyl (C=O) groups is 2. The molecule has 0 aliphatic heterocycles. The highest BCUT2D eigenvalue weighted by Crippen LogP contribution is 2.27. The maximum atomic E-state index is 12.0. The third-order valence-electron chi connectivity index (χ3n) is 4.32. The van der Waals surface area contributed by atoms with Gasteiger partial charge in [-0.3, -0.25) is 4.79 Å². The highest BCUT2D eigenvalue weighted by Gasteiger charge is 2.16. The molecule has 0 radical (unpaired) electrons. The summed E-state index contributed by atoms with van der Waals surface area (Å²) >= 11 is 0. The molecule has 6 nitrogen and oxygen atoms in total. The fourth-order valence-electron chi connectivity index (χ4n) is 2.97. The van der Waals surface area contributed by atoms with Crippen molar-refractivity contribution in [1.29, 1.82) is 0 Å². The van der Waals surface area contributed by atoms with Crippen molar-refractivity contribution >= 4 is 11.9 Å². The number of rotatable bonds is 8. The molecule has 0 aliphatic rings. The van der Waals surface area contributed by atoms with E-state index in [0.29, 0.717) is 12.2 Å². The van der Waals surface area contributed by atoms with Gasteiger partial charge in [-0.25, -0.2) is 4.79 Å². The largest absolute Gasteiger partial charge is 0.450 e. The molecule has 1 aromatic heterocycles. The summed E-state index contributed by atoms with van der Waals surface area (Å²) in [5.41, 5.74) is 2.95. The molecule has 2 aromatic carbocycles. The van der Waals surface area contributed by atoms with Crippen molar-refractivity contribution in [3.05, 3.63) is 89.3 Å². The van der Waals surface area contributed by atoms with E-state index in [0.717, 1.165) is 6.42 Å². The zero-order chi connectivity index (χ0) is 19.8. The number of aryl methyl sites for hydroxylation is 1. The van der Waals surface area contributed by atoms with E-state index in [-0.39, 0.29) is 24.2 Å². The molecule has 28 heavy (non-hydrogen) atoms. The van der Waals surface area contributed by atoms with Crippen LogP contribution >= 0.6 is 0 Å². The van der Waals surface area contributed by atoms with Crippen molar-refractivity contribution in [1.82, 2.24) is 10.5 Å². The maximum Gasteiger partial charge on any atom is 0.377 e. The van der Waals surface area contributed by atoms with Crippen molar-refractivity contribution in [2.45, 2.75) is 19.3 Å². The Hall–Kier alpha value is -3.41. The second-order valence-electron chi connectivity index (χ2n) is 6.42. The number of carbonyl (C=O) groups excluding carboxylic acids is 2. The van der Waals surface area contributed by atoms with E-state index in [4.69, 9.17) is 9.26 Å². The molecule has 0 saturated heterocycles. The summed E-state index contributed by atoms with van der Waals surface area (Å²) < 4.78 is 9.76. The number of amides is 1. The molecule has 6 heteroatoms. The molecule has 0 fully saturated rings. The minimum absolute atomic E-state index is 0.0153. The van der Waals surface area contributed by atoms with Crippen LogP contribution in [0.15, 0.2) is 71.3 Å². The van der Waals surface area contributed by atoms with Gasteiger partial charge in [-0.1, -0.05) is 65.8 Å². The molecule has 1 heterocycles. The van der Waals surface area contributed by atoms with Gasteiger partial charge in [-0.2, -0.15) is 0 Å². The third kappa shape index (κ3) is 5.30. The standard InChI is InChI=1S/C22H22N2O4/c1-16-14-20(28-24-16)22(26)27-15-21(25)23-13-12-19(17-8-4-2-5-9-17)18-10-6-3-7-11-18/h2-11,14,19H,12-13,15H2,1H3,(H,23,25). The van der Waals surface area contributed by atoms with E-state index >= 15 is 0 Å². The number of hydrogen-bond donors (Lipinski definition) is 1. The molecular formula is C22H22N2O4. The van der Waals surface area contributed by atoms with Gasteiger partial charge in [0.2, 0.25) is 5.76 Å². The van der Waals surface area contributed by atoms with Crippen LogP contribution in [0.1, 0.15) is 39.7 Å². The number of hydrogen-bond acceptors (Lipinski definition) is 5. The number of nitrogens with zero attached hydrogens (tertiary/aromatic N) is 1. The number of benzene rings is 2. The molecule has 1 N–H and O–H groups in total. The van der Waals surface area contributed by atoms with Gasteiger partial charge in [0.15, 0.2) is 6.61 Å². The van der Waals surface area contributed by atoms with Crippen LogP contribution in [0.5, 0.6) is 0 Å². The summed E-state index contributed by atoms with van der Waals surface area (Å²) in [6, 6.07) is 21.8. The Bertz CT molecular complexity index is 867. The van der Waals surface area contributed by atoms with E-state index in [1.807, 2.05) is 36.4 Å². The fraction of sp³-hybridized carbons (Fsp3) is 0.227. The van der Waals surface area contributed by atoms with E-state index in [1.165, 1.54) is 17.2 Å². The second-order valence-corrected chi connectivity index (χ2v) is 6.42. The molecular weight excluding hydrogens is 356 g/mol. The predicted molar refractivity (Wildman–Crippen MR) is 104 cm³/mol. The monoisotopic (exact) mass is 378 g/mol. The molecule has 0 atom stereocenters. The van der Waals surface area contributed by atoms with Crippen LogP contribution in [0, 0.1) is 6.92 Å². The summed E-state index contributed by atoms with van der Waals surface area (Å²) in [6.07, 6.45) is 0.731. The summed E-state index contributed by atoms with van der Waals surface area (Å²) in [4.78, 5) is 23.8. The zero-order valence-electron chi connectivity index (χ0n) is 15.6. The highest BCUT2D eigenvalue weighted by molar-refractivity contribution is 5.88. The normalized spacial score (nSPS) is 10.6. The minimum atomic E-state index is -0.706. The van der Waals surface area contributed by atoms with E-state index in [2.05, 4.69) is 34.7 Å². The number of aromatic nitrogens is 1. The molecule has 0 spiro atoms. The topological polar surface area (TPSA) is 81.4 Å². The predicted octanol–water partition coefficient (Wildman–Crippen LogP) is 3.48. The number of ether oxygens (including phenoxy) is 1. The number of esters is 1. The van der Waals surface area contributed by atoms with E-state index < -0.39 is 5.97 Å². The minimum Gasteiger partial charge on any atom is -0.450 e. The second kappa shape index (κ2) is 9.50. The van der Waals surface area contributed by atoms with Gasteiger partial charge in [0.1, 0.15) is 0 Å². The Morgan fingerprint density at radius 2 is 1.64 bits per heavy atom. The maximum absolute atomic E-state index is 12.0. The smallest absolute Gasteiger partial charge is 0.377 e. The van der Waals surface area contributed by atoms with Crippen LogP contribution in [0.25, 0.3) is 0 Å². The first-order valence-electron chi connectivity index (χ1n) is 9.10. The van der Waals surface area contributed by atoms with Crippen molar-refractivity contribution in [2.24, 2.45) is 0 Å². The molecule has 0 saturated carbocycles. The van der Waals surface area contributed by atoms with Crippen LogP contribution in [0.3, 0.4) is 0 Å². The van der Waals surface area contributed by atoms with Crippen molar-refractivity contribution in [3.63, 3.8) is 0 Å². The molecule has 3 rings (SSSR count). The third-order valence-corrected chi connectivity index (χ3v) is 4.32. The molecule has 0 aliphatic carbocycles. The van der Waals surface area contributed by atoms with Gasteiger partial charge in [-0.05, 0) is 24.5 Å². The van der Waals surface area contributed by atoms with E-state index in [1.54, 1.807) is 6.92 Å². The Morgan fingerprint density at radius 1 is 1.04 bits per heavy atom. The molecule has 1 amide bonds. The lowest BCUT2D eigenvalue weighted by molar-refractivity contribution is -0.124. The SMILES string of the molecule is Cc1cc(C(=O)OCC(=O)NCCC(c2ccccc2)c2ccccc2)on1. The molecule has 0 bridgehead atoms. The van der Waals surface area contributed by atoms with Crippen molar-refractivity contribution < 1.29 is 18.8 Å². The van der Waals surface area contributed by atoms with Gasteiger partial charge in [0, 0.05) is 18.5 Å². The lowest BCUT2D eigenvalue weighted by Crippen LogP contribution is -2.30. The molecule has 0 unspecified atom stereocenters. The summed E-state index contributed by atoms with van der Waals surface area (Å²) in [5, 5.41) is 6.42. The summed E-state index contributed by atoms with van der Waals surface area (Å²) in [7, 11) is 0. The first-order valence-corrected chi connectivity index (χ1v) is 9.10. The van der Waals surface area contributed by atoms with Gasteiger partial charge < -0.3 is 14.6 Å². The quantitative estimate of drug-likeness (QED) is 0.607. The summed E-state index contributed by atoms with van der Waals surface area (Å²) in [6.45, 7) is 1.80. The van der Waals surface area contributed by atoms with Crippen LogP contribution < -0.4 is 5.32 Å². The Labute approximate surface area is 163 Å². The van der Waals surface area contributed by atoms with Gasteiger partial charge >= 0.3 is 5.97 Å². The first kappa shape index (κ1) is 19.4. The van der Waals surface area contributed by atoms with Crippen LogP contribution in [-0.4, -0.2) is 30.2 Å². The van der Waals surface area contributed by atoms with Crippen LogP contribution in [0.2, 0.25) is 0 Å². The lowest BCUT2D eigenvalue weighted by Gasteiger charge is -2.18. The van der Waals surface area contributed by atoms with Gasteiger partial charge in [0.25, 0.3) is 5.91 Å². The van der Waals surface area contributed by atoms with Gasteiger partial charge in [0.05, 0.1) is 5.69 Å².